The minimum absolute atomic E-state index is 0.00884. The van der Waals surface area contributed by atoms with Gasteiger partial charge in [0.05, 0.1) is 17.6 Å². The van der Waals surface area contributed by atoms with Crippen molar-refractivity contribution in [3.63, 3.8) is 0 Å². The summed E-state index contributed by atoms with van der Waals surface area (Å²) in [4.78, 5) is 24.5. The maximum Gasteiger partial charge on any atom is 0.323 e. The van der Waals surface area contributed by atoms with Gasteiger partial charge in [0.1, 0.15) is 18.2 Å². The summed E-state index contributed by atoms with van der Waals surface area (Å²) >= 11 is 0. The third-order valence-corrected chi connectivity index (χ3v) is 4.04. The van der Waals surface area contributed by atoms with Gasteiger partial charge in [-0.05, 0) is 38.0 Å². The molecule has 1 aromatic carbocycles. The molecule has 1 aliphatic heterocycles. The fraction of sp³-hybridized carbons (Fsp3) is 0.467. The number of carboxylic acids is 1. The summed E-state index contributed by atoms with van der Waals surface area (Å²) in [5.74, 6) is -3.44. The molecule has 0 spiro atoms. The van der Waals surface area contributed by atoms with Crippen LogP contribution in [-0.4, -0.2) is 39.6 Å². The van der Waals surface area contributed by atoms with E-state index in [0.29, 0.717) is 6.07 Å². The Balaban J connectivity index is 2.46. The smallest absolute Gasteiger partial charge is 0.323 e. The van der Waals surface area contributed by atoms with E-state index in [0.717, 1.165) is 17.0 Å². The maximum absolute atomic E-state index is 13.4. The topological polar surface area (TPSA) is 77.8 Å². The van der Waals surface area contributed by atoms with Crippen LogP contribution in [0, 0.1) is 17.0 Å². The normalized spacial score (nSPS) is 24.4. The zero-order chi connectivity index (χ0) is 16.7. The number of halogens is 2. The first-order chi connectivity index (χ1) is 10.1. The Hall–Kier alpha value is -2.02. The van der Waals surface area contributed by atoms with Gasteiger partial charge in [-0.2, -0.15) is 0 Å². The standard InChI is InChI=1S/C15H17F2NO4/c1-15(2)12(19)6-11(18(14(15)22)7-13(20)21)8-3-9(16)5-10(17)4-8/h3-5,11-12,19H,6-7H2,1-2H3,(H,20,21)/t11-,12-/m0/s1. The van der Waals surface area contributed by atoms with Crippen molar-refractivity contribution in [1.29, 1.82) is 0 Å². The molecular formula is C15H17F2NO4. The van der Waals surface area contributed by atoms with E-state index in [1.165, 1.54) is 13.8 Å². The second kappa shape index (κ2) is 5.64. The van der Waals surface area contributed by atoms with Crippen molar-refractivity contribution in [2.45, 2.75) is 32.4 Å². The molecule has 1 fully saturated rings. The lowest BCUT2D eigenvalue weighted by Gasteiger charge is -2.45. The van der Waals surface area contributed by atoms with Crippen molar-refractivity contribution in [1.82, 2.24) is 4.90 Å². The number of aliphatic hydroxyl groups excluding tert-OH is 1. The van der Waals surface area contributed by atoms with E-state index in [9.17, 15) is 23.5 Å². The number of hydrogen-bond acceptors (Lipinski definition) is 3. The molecule has 22 heavy (non-hydrogen) atoms. The first-order valence-corrected chi connectivity index (χ1v) is 6.80. The largest absolute Gasteiger partial charge is 0.480 e. The molecule has 0 saturated carbocycles. The number of aliphatic carboxylic acids is 1. The predicted octanol–water partition coefficient (Wildman–Crippen LogP) is 1.71. The summed E-state index contributed by atoms with van der Waals surface area (Å²) in [6, 6.07) is 1.88. The Morgan fingerprint density at radius 1 is 1.32 bits per heavy atom. The molecule has 1 amide bonds. The number of rotatable bonds is 3. The van der Waals surface area contributed by atoms with Crippen molar-refractivity contribution in [2.24, 2.45) is 5.41 Å². The van der Waals surface area contributed by atoms with Gasteiger partial charge in [-0.25, -0.2) is 8.78 Å². The summed E-state index contributed by atoms with van der Waals surface area (Å²) in [7, 11) is 0. The Kier molecular flexibility index (Phi) is 4.19. The van der Waals surface area contributed by atoms with Crippen LogP contribution in [0.25, 0.3) is 0 Å². The van der Waals surface area contributed by atoms with Crippen LogP contribution in [0.5, 0.6) is 0 Å². The Bertz CT molecular complexity index is 597. The number of benzene rings is 1. The van der Waals surface area contributed by atoms with Gasteiger partial charge < -0.3 is 15.1 Å². The van der Waals surface area contributed by atoms with Crippen LogP contribution in [0.15, 0.2) is 18.2 Å². The molecule has 120 valence electrons. The number of piperidine rings is 1. The molecule has 0 radical (unpaired) electrons. The van der Waals surface area contributed by atoms with E-state index in [-0.39, 0.29) is 12.0 Å². The molecule has 0 bridgehead atoms. The van der Waals surface area contributed by atoms with Crippen molar-refractivity contribution in [2.75, 3.05) is 6.54 Å². The highest BCUT2D eigenvalue weighted by molar-refractivity contribution is 5.87. The number of amides is 1. The summed E-state index contributed by atoms with van der Waals surface area (Å²) in [5.41, 5.74) is -1.03. The number of carbonyl (C=O) groups excluding carboxylic acids is 1. The Morgan fingerprint density at radius 2 is 1.86 bits per heavy atom. The van der Waals surface area contributed by atoms with Crippen molar-refractivity contribution < 1.29 is 28.6 Å². The van der Waals surface area contributed by atoms with E-state index in [2.05, 4.69) is 0 Å². The van der Waals surface area contributed by atoms with E-state index in [4.69, 9.17) is 5.11 Å². The third kappa shape index (κ3) is 2.94. The highest BCUT2D eigenvalue weighted by Gasteiger charge is 2.47. The molecule has 1 saturated heterocycles. The predicted molar refractivity (Wildman–Crippen MR) is 72.9 cm³/mol. The van der Waals surface area contributed by atoms with Crippen molar-refractivity contribution >= 4 is 11.9 Å². The molecular weight excluding hydrogens is 296 g/mol. The van der Waals surface area contributed by atoms with Crippen LogP contribution in [0.3, 0.4) is 0 Å². The zero-order valence-corrected chi connectivity index (χ0v) is 12.2. The fourth-order valence-electron chi connectivity index (χ4n) is 2.70. The van der Waals surface area contributed by atoms with Crippen LogP contribution < -0.4 is 0 Å². The molecule has 1 heterocycles. The number of nitrogens with zero attached hydrogens (tertiary/aromatic N) is 1. The van der Waals surface area contributed by atoms with Gasteiger partial charge in [0.2, 0.25) is 5.91 Å². The van der Waals surface area contributed by atoms with Crippen LogP contribution in [0.2, 0.25) is 0 Å². The van der Waals surface area contributed by atoms with Gasteiger partial charge in [-0.3, -0.25) is 9.59 Å². The van der Waals surface area contributed by atoms with E-state index >= 15 is 0 Å². The Labute approximate surface area is 126 Å². The second-order valence-electron chi connectivity index (χ2n) is 6.02. The molecule has 0 aromatic heterocycles. The first-order valence-electron chi connectivity index (χ1n) is 6.80. The van der Waals surface area contributed by atoms with E-state index in [1.54, 1.807) is 0 Å². The molecule has 0 unspecified atom stereocenters. The second-order valence-corrected chi connectivity index (χ2v) is 6.02. The summed E-state index contributed by atoms with van der Waals surface area (Å²) in [6.07, 6.45) is -1.03. The summed E-state index contributed by atoms with van der Waals surface area (Å²) < 4.78 is 26.8. The number of hydrogen-bond donors (Lipinski definition) is 2. The molecule has 1 aromatic rings. The van der Waals surface area contributed by atoms with Gasteiger partial charge >= 0.3 is 5.97 Å². The molecule has 2 N–H and O–H groups in total. The van der Waals surface area contributed by atoms with Crippen LogP contribution in [0.4, 0.5) is 8.78 Å². The molecule has 5 nitrogen and oxygen atoms in total. The minimum atomic E-state index is -1.23. The summed E-state index contributed by atoms with van der Waals surface area (Å²) in [5, 5.41) is 19.1. The number of aliphatic hydroxyl groups is 1. The van der Waals surface area contributed by atoms with Gasteiger partial charge in [0.25, 0.3) is 0 Å². The molecule has 1 aliphatic rings. The SMILES string of the molecule is CC1(C)C(=O)N(CC(=O)O)[C@H](c2cc(F)cc(F)c2)C[C@@H]1O. The minimum Gasteiger partial charge on any atom is -0.480 e. The van der Waals surface area contributed by atoms with Gasteiger partial charge in [-0.1, -0.05) is 0 Å². The van der Waals surface area contributed by atoms with Crippen LogP contribution >= 0.6 is 0 Å². The zero-order valence-electron chi connectivity index (χ0n) is 12.2. The molecule has 7 heteroatoms. The van der Waals surface area contributed by atoms with Crippen LogP contribution in [0.1, 0.15) is 31.9 Å². The van der Waals surface area contributed by atoms with Gasteiger partial charge in [0, 0.05) is 6.07 Å². The average Bonchev–Trinajstić information content (AvgIpc) is 2.38. The number of carbonyl (C=O) groups is 2. The van der Waals surface area contributed by atoms with E-state index in [1.807, 2.05) is 0 Å². The number of likely N-dealkylation sites (tertiary alicyclic amines) is 1. The lowest BCUT2D eigenvalue weighted by atomic mass is 9.76. The highest BCUT2D eigenvalue weighted by Crippen LogP contribution is 2.40. The van der Waals surface area contributed by atoms with Crippen LogP contribution in [-0.2, 0) is 9.59 Å². The van der Waals surface area contributed by atoms with Gasteiger partial charge in [0.15, 0.2) is 0 Å². The fourth-order valence-corrected chi connectivity index (χ4v) is 2.70. The average molecular weight is 313 g/mol. The summed E-state index contributed by atoms with van der Waals surface area (Å²) in [6.45, 7) is 2.42. The molecule has 2 rings (SSSR count). The highest BCUT2D eigenvalue weighted by atomic mass is 19.1. The first kappa shape index (κ1) is 16.4. The quantitative estimate of drug-likeness (QED) is 0.890. The number of carboxylic acid groups (broad SMARTS) is 1. The maximum atomic E-state index is 13.4. The Morgan fingerprint density at radius 3 is 2.36 bits per heavy atom. The van der Waals surface area contributed by atoms with E-state index < -0.39 is 47.6 Å². The lowest BCUT2D eigenvalue weighted by Crippen LogP contribution is -2.55. The molecule has 0 aliphatic carbocycles. The monoisotopic (exact) mass is 313 g/mol. The van der Waals surface area contributed by atoms with Crippen molar-refractivity contribution in [3.8, 4) is 0 Å². The van der Waals surface area contributed by atoms with Crippen molar-refractivity contribution in [3.05, 3.63) is 35.4 Å². The third-order valence-electron chi connectivity index (χ3n) is 4.04. The lowest BCUT2D eigenvalue weighted by molar-refractivity contribution is -0.164. The van der Waals surface area contributed by atoms with Gasteiger partial charge in [-0.15, -0.1) is 0 Å². The molecule has 2 atom stereocenters.